The fourth-order valence-corrected chi connectivity index (χ4v) is 3.51. The van der Waals surface area contributed by atoms with Crippen LogP contribution in [0, 0.1) is 5.92 Å². The molecule has 0 aromatic heterocycles. The van der Waals surface area contributed by atoms with E-state index in [2.05, 4.69) is 10.1 Å². The molecule has 1 aromatic carbocycles. The first kappa shape index (κ1) is 29.8. The van der Waals surface area contributed by atoms with Crippen LogP contribution in [0.1, 0.15) is 37.7 Å². The summed E-state index contributed by atoms with van der Waals surface area (Å²) in [6.45, 7) is 0.433. The van der Waals surface area contributed by atoms with Gasteiger partial charge in [-0.05, 0) is 49.2 Å². The van der Waals surface area contributed by atoms with Gasteiger partial charge in [-0.2, -0.15) is 0 Å². The Morgan fingerprint density at radius 1 is 1.16 bits per heavy atom. The lowest BCUT2D eigenvalue weighted by atomic mass is 9.66. The molecule has 1 aliphatic carbocycles. The number of hydrogen-bond donors (Lipinski definition) is 5. The van der Waals surface area contributed by atoms with E-state index in [1.54, 1.807) is 0 Å². The number of carboxylic acid groups (broad SMARTS) is 1. The maximum Gasteiger partial charge on any atom is 0.573 e. The van der Waals surface area contributed by atoms with Crippen LogP contribution in [0.2, 0.25) is 6.32 Å². The van der Waals surface area contributed by atoms with Crippen molar-refractivity contribution in [3.8, 4) is 5.75 Å². The van der Waals surface area contributed by atoms with Gasteiger partial charge in [0.05, 0.1) is 0 Å². The second-order valence-electron chi connectivity index (χ2n) is 7.51. The number of hydrogen-bond acceptors (Lipinski definition) is 6. The number of carboxylic acids is 1. The zero-order valence-corrected chi connectivity index (χ0v) is 18.3. The van der Waals surface area contributed by atoms with Gasteiger partial charge in [0.25, 0.3) is 0 Å². The minimum atomic E-state index is -4.72. The van der Waals surface area contributed by atoms with E-state index in [-0.39, 0.29) is 55.3 Å². The maximum absolute atomic E-state index is 12.2. The lowest BCUT2D eigenvalue weighted by Crippen LogP contribution is -2.61. The molecule has 0 amide bonds. The lowest BCUT2D eigenvalue weighted by molar-refractivity contribution is -0.274. The normalized spacial score (nSPS) is 19.8. The first-order valence-corrected chi connectivity index (χ1v) is 9.46. The van der Waals surface area contributed by atoms with Gasteiger partial charge in [0.2, 0.25) is 0 Å². The molecule has 0 spiro atoms. The van der Waals surface area contributed by atoms with Gasteiger partial charge in [0.1, 0.15) is 11.3 Å². The van der Waals surface area contributed by atoms with Gasteiger partial charge in [-0.3, -0.25) is 4.79 Å². The van der Waals surface area contributed by atoms with Gasteiger partial charge >= 0.3 is 19.5 Å². The molecular weight excluding hydrogens is 463 g/mol. The SMILES string of the molecule is Cl.Cl.NC(CCCCB(O)O)(C(=O)O)C1CC(NCc2ccc(OC(F)(F)F)cc2)C1. The molecule has 6 N–H and O–H groups in total. The Kier molecular flexibility index (Phi) is 12.2. The van der Waals surface area contributed by atoms with Crippen molar-refractivity contribution in [2.75, 3.05) is 0 Å². The number of nitrogens with two attached hydrogens (primary N) is 1. The minimum Gasteiger partial charge on any atom is -0.480 e. The summed E-state index contributed by atoms with van der Waals surface area (Å²) < 4.78 is 40.3. The zero-order valence-electron chi connectivity index (χ0n) is 16.7. The van der Waals surface area contributed by atoms with E-state index in [9.17, 15) is 23.1 Å². The van der Waals surface area contributed by atoms with E-state index in [1.807, 2.05) is 0 Å². The van der Waals surface area contributed by atoms with E-state index < -0.39 is 25.0 Å². The van der Waals surface area contributed by atoms with Crippen molar-refractivity contribution < 1.29 is 37.9 Å². The first-order chi connectivity index (χ1) is 13.5. The van der Waals surface area contributed by atoms with Crippen molar-refractivity contribution in [2.24, 2.45) is 11.7 Å². The van der Waals surface area contributed by atoms with Crippen molar-refractivity contribution in [3.63, 3.8) is 0 Å². The smallest absolute Gasteiger partial charge is 0.480 e. The Balaban J connectivity index is 0.00000450. The summed E-state index contributed by atoms with van der Waals surface area (Å²) in [5, 5.41) is 30.5. The molecule has 13 heteroatoms. The average molecular weight is 491 g/mol. The fraction of sp³-hybridized carbons (Fsp3) is 0.611. The summed E-state index contributed by atoms with van der Waals surface area (Å²) in [7, 11) is -1.40. The summed E-state index contributed by atoms with van der Waals surface area (Å²) in [4.78, 5) is 11.7. The zero-order chi connectivity index (χ0) is 21.7. The predicted molar refractivity (Wildman–Crippen MR) is 114 cm³/mol. The first-order valence-electron chi connectivity index (χ1n) is 9.46. The molecule has 178 valence electrons. The van der Waals surface area contributed by atoms with Crippen LogP contribution in [0.4, 0.5) is 13.2 Å². The fourth-order valence-electron chi connectivity index (χ4n) is 3.51. The van der Waals surface area contributed by atoms with Gasteiger partial charge in [-0.15, -0.1) is 38.0 Å². The van der Waals surface area contributed by atoms with Crippen molar-refractivity contribution in [1.29, 1.82) is 0 Å². The largest absolute Gasteiger partial charge is 0.573 e. The van der Waals surface area contributed by atoms with E-state index in [1.165, 1.54) is 24.3 Å². The molecule has 7 nitrogen and oxygen atoms in total. The van der Waals surface area contributed by atoms with Gasteiger partial charge in [0, 0.05) is 12.6 Å². The Bertz CT molecular complexity index is 679. The van der Waals surface area contributed by atoms with Crippen LogP contribution in [-0.2, 0) is 11.3 Å². The van der Waals surface area contributed by atoms with Crippen LogP contribution in [0.5, 0.6) is 5.75 Å². The molecule has 1 atom stereocenters. The standard InChI is InChI=1S/C18H26BF3N2O5.2ClH/c20-18(21,22)29-15-5-3-12(4-6-15)11-24-14-9-13(10-14)17(23,16(25)26)7-1-2-8-19(27)28;;/h3-6,13-14,24,27-28H,1-2,7-11,23H2,(H,25,26);2*1H. The van der Waals surface area contributed by atoms with Crippen molar-refractivity contribution in [3.05, 3.63) is 29.8 Å². The highest BCUT2D eigenvalue weighted by molar-refractivity contribution is 6.40. The van der Waals surface area contributed by atoms with E-state index in [0.717, 1.165) is 5.56 Å². The van der Waals surface area contributed by atoms with Crippen LogP contribution >= 0.6 is 24.8 Å². The monoisotopic (exact) mass is 490 g/mol. The van der Waals surface area contributed by atoms with Crippen molar-refractivity contribution in [2.45, 2.75) is 62.9 Å². The Hall–Kier alpha value is -1.24. The molecule has 1 unspecified atom stereocenters. The molecule has 2 rings (SSSR count). The number of nitrogens with one attached hydrogen (secondary N) is 1. The molecule has 0 heterocycles. The van der Waals surface area contributed by atoms with Crippen LogP contribution < -0.4 is 15.8 Å². The van der Waals surface area contributed by atoms with Crippen LogP contribution in [0.25, 0.3) is 0 Å². The second kappa shape index (κ2) is 12.7. The summed E-state index contributed by atoms with van der Waals surface area (Å²) in [6, 6.07) is 5.63. The Morgan fingerprint density at radius 3 is 2.23 bits per heavy atom. The van der Waals surface area contributed by atoms with Gasteiger partial charge in [0.15, 0.2) is 0 Å². The highest BCUT2D eigenvalue weighted by Crippen LogP contribution is 2.38. The number of halogens is 5. The summed E-state index contributed by atoms with van der Waals surface area (Å²) in [5.41, 5.74) is 5.57. The highest BCUT2D eigenvalue weighted by atomic mass is 35.5. The van der Waals surface area contributed by atoms with Gasteiger partial charge in [-0.25, -0.2) is 0 Å². The summed E-state index contributed by atoms with van der Waals surface area (Å²) in [5.74, 6) is -1.54. The third-order valence-corrected chi connectivity index (χ3v) is 5.32. The summed E-state index contributed by atoms with van der Waals surface area (Å²) in [6.07, 6.45) is -2.16. The van der Waals surface area contributed by atoms with Gasteiger partial charge < -0.3 is 30.9 Å². The topological polar surface area (TPSA) is 125 Å². The molecule has 0 aliphatic heterocycles. The van der Waals surface area contributed by atoms with E-state index in [4.69, 9.17) is 15.8 Å². The van der Waals surface area contributed by atoms with Crippen LogP contribution in [0.15, 0.2) is 24.3 Å². The number of alkyl halides is 3. The maximum atomic E-state index is 12.2. The number of aliphatic carboxylic acids is 1. The van der Waals surface area contributed by atoms with Crippen molar-refractivity contribution in [1.82, 2.24) is 5.32 Å². The average Bonchev–Trinajstić information content (AvgIpc) is 2.57. The Morgan fingerprint density at radius 2 is 1.74 bits per heavy atom. The Labute approximate surface area is 191 Å². The number of carbonyl (C=O) groups is 1. The molecule has 1 saturated carbocycles. The molecule has 0 radical (unpaired) electrons. The molecular formula is C18H28BCl2F3N2O5. The molecule has 1 aliphatic rings. The molecule has 0 bridgehead atoms. The second-order valence-corrected chi connectivity index (χ2v) is 7.51. The summed E-state index contributed by atoms with van der Waals surface area (Å²) >= 11 is 0. The van der Waals surface area contributed by atoms with E-state index in [0.29, 0.717) is 32.2 Å². The van der Waals surface area contributed by atoms with Crippen LogP contribution in [0.3, 0.4) is 0 Å². The highest BCUT2D eigenvalue weighted by Gasteiger charge is 2.48. The quantitative estimate of drug-likeness (QED) is 0.238. The molecule has 1 fully saturated rings. The number of benzene rings is 1. The third kappa shape index (κ3) is 9.42. The van der Waals surface area contributed by atoms with E-state index >= 15 is 0 Å². The number of ether oxygens (including phenoxy) is 1. The molecule has 31 heavy (non-hydrogen) atoms. The predicted octanol–water partition coefficient (Wildman–Crippen LogP) is 2.72. The van der Waals surface area contributed by atoms with Crippen LogP contribution in [-0.4, -0.2) is 46.2 Å². The number of rotatable bonds is 11. The minimum absolute atomic E-state index is 0. The number of unbranched alkanes of at least 4 members (excludes halogenated alkanes) is 1. The van der Waals surface area contributed by atoms with Crippen molar-refractivity contribution >= 4 is 37.9 Å². The molecule has 1 aromatic rings. The lowest BCUT2D eigenvalue weighted by Gasteiger charge is -2.45. The third-order valence-electron chi connectivity index (χ3n) is 5.32. The van der Waals surface area contributed by atoms with Gasteiger partial charge in [-0.1, -0.05) is 25.0 Å². The molecule has 0 saturated heterocycles.